The highest BCUT2D eigenvalue weighted by Gasteiger charge is 2.09. The van der Waals surface area contributed by atoms with Crippen LogP contribution in [0.5, 0.6) is 0 Å². The van der Waals surface area contributed by atoms with Crippen molar-refractivity contribution in [3.8, 4) is 0 Å². The molecular formula is C16H21N3OS. The summed E-state index contributed by atoms with van der Waals surface area (Å²) in [5.74, 6) is 1.17. The second-order valence-electron chi connectivity index (χ2n) is 5.30. The van der Waals surface area contributed by atoms with E-state index in [1.54, 1.807) is 6.33 Å². The normalized spacial score (nSPS) is 11.0. The monoisotopic (exact) mass is 303 g/mol. The van der Waals surface area contributed by atoms with E-state index >= 15 is 0 Å². The maximum absolute atomic E-state index is 12.0. The first-order valence-electron chi connectivity index (χ1n) is 7.21. The summed E-state index contributed by atoms with van der Waals surface area (Å²) in [7, 11) is 0. The average molecular weight is 303 g/mol. The molecule has 0 unspecified atom stereocenters. The predicted molar refractivity (Wildman–Crippen MR) is 85.7 cm³/mol. The molecule has 2 aromatic rings. The fourth-order valence-electron chi connectivity index (χ4n) is 2.02. The molecule has 0 aliphatic heterocycles. The molecule has 0 aliphatic rings. The van der Waals surface area contributed by atoms with Crippen LogP contribution in [0.25, 0.3) is 0 Å². The van der Waals surface area contributed by atoms with Crippen molar-refractivity contribution in [1.82, 2.24) is 14.8 Å². The predicted octanol–water partition coefficient (Wildman–Crippen LogP) is 3.33. The van der Waals surface area contributed by atoms with Crippen LogP contribution in [0.3, 0.4) is 0 Å². The Hall–Kier alpha value is -1.62. The number of rotatable bonds is 7. The van der Waals surface area contributed by atoms with Gasteiger partial charge in [-0.3, -0.25) is 4.79 Å². The summed E-state index contributed by atoms with van der Waals surface area (Å²) in [5.41, 5.74) is 2.37. The summed E-state index contributed by atoms with van der Waals surface area (Å²) in [6, 6.07) is 8.31. The Morgan fingerprint density at radius 1 is 1.29 bits per heavy atom. The van der Waals surface area contributed by atoms with Crippen molar-refractivity contribution >= 4 is 17.5 Å². The molecule has 0 aliphatic carbocycles. The quantitative estimate of drug-likeness (QED) is 0.736. The second-order valence-corrected chi connectivity index (χ2v) is 6.24. The number of thioether (sulfide) groups is 1. The topological polar surface area (TPSA) is 47.8 Å². The van der Waals surface area contributed by atoms with E-state index in [1.807, 2.05) is 23.6 Å². The Bertz CT molecular complexity index is 590. The largest absolute Gasteiger partial charge is 0.309 e. The van der Waals surface area contributed by atoms with Gasteiger partial charge >= 0.3 is 0 Å². The van der Waals surface area contributed by atoms with E-state index in [0.717, 1.165) is 17.3 Å². The number of ketones is 1. The van der Waals surface area contributed by atoms with Crippen LogP contribution in [0.15, 0.2) is 35.7 Å². The highest BCUT2D eigenvalue weighted by Crippen LogP contribution is 2.17. The first-order chi connectivity index (χ1) is 10.1. The van der Waals surface area contributed by atoms with E-state index in [4.69, 9.17) is 0 Å². The molecule has 0 N–H and O–H groups in total. The first kappa shape index (κ1) is 15.8. The van der Waals surface area contributed by atoms with E-state index in [9.17, 15) is 4.79 Å². The molecule has 1 heterocycles. The summed E-state index contributed by atoms with van der Waals surface area (Å²) in [6.45, 7) is 7.19. The number of aromatic nitrogens is 3. The van der Waals surface area contributed by atoms with Gasteiger partial charge in [-0.1, -0.05) is 49.9 Å². The van der Waals surface area contributed by atoms with Gasteiger partial charge in [-0.05, 0) is 24.0 Å². The molecule has 2 rings (SSSR count). The van der Waals surface area contributed by atoms with Gasteiger partial charge in [0.1, 0.15) is 12.1 Å². The van der Waals surface area contributed by atoms with Crippen LogP contribution < -0.4 is 0 Å². The van der Waals surface area contributed by atoms with Crippen LogP contribution in [-0.4, -0.2) is 26.3 Å². The van der Waals surface area contributed by atoms with Gasteiger partial charge in [-0.25, -0.2) is 0 Å². The summed E-state index contributed by atoms with van der Waals surface area (Å²) in [6.07, 6.45) is 2.17. The lowest BCUT2D eigenvalue weighted by atomic mass is 10.0. The van der Waals surface area contributed by atoms with E-state index in [2.05, 4.69) is 36.2 Å². The molecule has 1 aromatic carbocycles. The van der Waals surface area contributed by atoms with E-state index in [0.29, 0.717) is 18.1 Å². The van der Waals surface area contributed by atoms with Crippen molar-refractivity contribution in [2.75, 3.05) is 5.75 Å². The Labute approximate surface area is 130 Å². The van der Waals surface area contributed by atoms with Crippen LogP contribution in [-0.2, 0) is 17.8 Å². The molecule has 1 aromatic heterocycles. The summed E-state index contributed by atoms with van der Waals surface area (Å²) < 4.78 is 1.94. The highest BCUT2D eigenvalue weighted by molar-refractivity contribution is 7.99. The summed E-state index contributed by atoms with van der Waals surface area (Å²) in [5, 5.41) is 8.69. The zero-order valence-corrected chi connectivity index (χ0v) is 13.6. The Morgan fingerprint density at radius 2 is 2.00 bits per heavy atom. The molecule has 5 heteroatoms. The lowest BCUT2D eigenvalue weighted by molar-refractivity contribution is -0.116. The first-order valence-corrected chi connectivity index (χ1v) is 8.19. The van der Waals surface area contributed by atoms with E-state index in [1.165, 1.54) is 17.3 Å². The molecule has 0 fully saturated rings. The highest BCUT2D eigenvalue weighted by atomic mass is 32.2. The maximum atomic E-state index is 12.0. The fraction of sp³-hybridized carbons (Fsp3) is 0.438. The van der Waals surface area contributed by atoms with Crippen LogP contribution in [0, 0.1) is 0 Å². The number of nitrogens with zero attached hydrogens (tertiary/aromatic N) is 3. The van der Waals surface area contributed by atoms with Gasteiger partial charge in [0.05, 0.1) is 5.75 Å². The number of carbonyl (C=O) groups is 1. The van der Waals surface area contributed by atoms with Gasteiger partial charge in [-0.2, -0.15) is 0 Å². The van der Waals surface area contributed by atoms with Gasteiger partial charge in [0, 0.05) is 13.0 Å². The van der Waals surface area contributed by atoms with Crippen molar-refractivity contribution in [2.45, 2.75) is 44.8 Å². The number of hydrogen-bond donors (Lipinski definition) is 0. The van der Waals surface area contributed by atoms with Gasteiger partial charge in [0.25, 0.3) is 0 Å². The molecule has 0 atom stereocenters. The lowest BCUT2D eigenvalue weighted by Crippen LogP contribution is -2.07. The van der Waals surface area contributed by atoms with Gasteiger partial charge in [-0.15, -0.1) is 10.2 Å². The Morgan fingerprint density at radius 3 is 2.62 bits per heavy atom. The lowest BCUT2D eigenvalue weighted by Gasteiger charge is -2.06. The number of benzene rings is 1. The third-order valence-electron chi connectivity index (χ3n) is 3.33. The molecular weight excluding hydrogens is 282 g/mol. The molecule has 0 amide bonds. The molecule has 112 valence electrons. The molecule has 21 heavy (non-hydrogen) atoms. The average Bonchev–Trinajstić information content (AvgIpc) is 2.93. The summed E-state index contributed by atoms with van der Waals surface area (Å²) >= 11 is 1.45. The van der Waals surface area contributed by atoms with Gasteiger partial charge < -0.3 is 4.57 Å². The van der Waals surface area contributed by atoms with Crippen molar-refractivity contribution in [3.63, 3.8) is 0 Å². The molecule has 0 spiro atoms. The molecule has 0 bridgehead atoms. The smallest absolute Gasteiger partial charge is 0.191 e. The number of Topliss-reactive ketones (excluding diaryl/α,β-unsaturated/α-hetero) is 1. The zero-order chi connectivity index (χ0) is 15.2. The van der Waals surface area contributed by atoms with Crippen LogP contribution in [0.1, 0.15) is 37.8 Å². The zero-order valence-electron chi connectivity index (χ0n) is 12.7. The minimum atomic E-state index is 0.211. The van der Waals surface area contributed by atoms with Gasteiger partial charge in [0.2, 0.25) is 0 Å². The number of hydrogen-bond acceptors (Lipinski definition) is 4. The number of aryl methyl sites for hydroxylation is 1. The number of carbonyl (C=O) groups excluding carboxylic acids is 1. The third kappa shape index (κ3) is 4.43. The SMILES string of the molecule is CCn1cnnc1SCC(=O)Cc1ccc(C(C)C)cc1. The second kappa shape index (κ2) is 7.41. The minimum absolute atomic E-state index is 0.211. The summed E-state index contributed by atoms with van der Waals surface area (Å²) in [4.78, 5) is 12.0. The fourth-order valence-corrected chi connectivity index (χ4v) is 2.86. The molecule has 0 radical (unpaired) electrons. The van der Waals surface area contributed by atoms with Crippen molar-refractivity contribution in [2.24, 2.45) is 0 Å². The van der Waals surface area contributed by atoms with Crippen LogP contribution >= 0.6 is 11.8 Å². The van der Waals surface area contributed by atoms with Crippen LogP contribution in [0.2, 0.25) is 0 Å². The molecule has 0 saturated heterocycles. The maximum Gasteiger partial charge on any atom is 0.191 e. The van der Waals surface area contributed by atoms with Crippen molar-refractivity contribution in [3.05, 3.63) is 41.7 Å². The third-order valence-corrected chi connectivity index (χ3v) is 4.37. The van der Waals surface area contributed by atoms with Gasteiger partial charge in [0.15, 0.2) is 5.16 Å². The standard InChI is InChI=1S/C16H21N3OS/c1-4-19-11-17-18-16(19)21-10-15(20)9-13-5-7-14(8-6-13)12(2)3/h5-8,11-12H,4,9-10H2,1-3H3. The van der Waals surface area contributed by atoms with Crippen LogP contribution in [0.4, 0.5) is 0 Å². The van der Waals surface area contributed by atoms with E-state index < -0.39 is 0 Å². The van der Waals surface area contributed by atoms with E-state index in [-0.39, 0.29) is 5.78 Å². The Kier molecular flexibility index (Phi) is 5.56. The molecule has 4 nitrogen and oxygen atoms in total. The Balaban J connectivity index is 1.87. The van der Waals surface area contributed by atoms with Crippen molar-refractivity contribution < 1.29 is 4.79 Å². The van der Waals surface area contributed by atoms with Crippen molar-refractivity contribution in [1.29, 1.82) is 0 Å². The molecule has 0 saturated carbocycles. The minimum Gasteiger partial charge on any atom is -0.309 e.